The Hall–Kier alpha value is -3.06. The van der Waals surface area contributed by atoms with Gasteiger partial charge < -0.3 is 0 Å². The van der Waals surface area contributed by atoms with Crippen molar-refractivity contribution in [2.24, 2.45) is 5.84 Å². The van der Waals surface area contributed by atoms with Gasteiger partial charge in [0.25, 0.3) is 0 Å². The van der Waals surface area contributed by atoms with Gasteiger partial charge in [0.2, 0.25) is 5.95 Å². The number of pyridine rings is 1. The highest BCUT2D eigenvalue weighted by molar-refractivity contribution is 5.49. The van der Waals surface area contributed by atoms with Crippen LogP contribution < -0.4 is 17.0 Å². The monoisotopic (exact) mass is 308 g/mol. The first kappa shape index (κ1) is 14.9. The fourth-order valence-corrected chi connectivity index (χ4v) is 2.18. The van der Waals surface area contributed by atoms with Crippen molar-refractivity contribution in [1.29, 1.82) is 0 Å². The molecule has 0 aliphatic heterocycles. The molecule has 0 atom stereocenters. The predicted octanol–water partition coefficient (Wildman–Crippen LogP) is 1.43. The van der Waals surface area contributed by atoms with Gasteiger partial charge in [0, 0.05) is 6.20 Å². The maximum Gasteiger partial charge on any atom is 0.357 e. The van der Waals surface area contributed by atoms with Crippen molar-refractivity contribution in [3.8, 4) is 5.82 Å². The highest BCUT2D eigenvalue weighted by atomic mass is 16.1. The third-order valence-electron chi connectivity index (χ3n) is 3.41. The Labute approximate surface area is 132 Å². The lowest BCUT2D eigenvalue weighted by molar-refractivity contribution is 0.834. The normalized spacial score (nSPS) is 14.0. The van der Waals surface area contributed by atoms with Crippen LogP contribution in [0.4, 0.5) is 5.95 Å². The third kappa shape index (κ3) is 3.41. The molecule has 2 heterocycles. The molecule has 0 amide bonds. The van der Waals surface area contributed by atoms with E-state index in [1.165, 1.54) is 28.5 Å². The number of allylic oxidation sites excluding steroid dienone is 6. The van der Waals surface area contributed by atoms with Crippen LogP contribution in [0.3, 0.4) is 0 Å². The molecule has 0 unspecified atom stereocenters. The minimum absolute atomic E-state index is 0.0772. The van der Waals surface area contributed by atoms with Gasteiger partial charge in [-0.2, -0.15) is 4.98 Å². The highest BCUT2D eigenvalue weighted by Crippen LogP contribution is 2.27. The number of rotatable bonds is 2. The van der Waals surface area contributed by atoms with Crippen LogP contribution >= 0.6 is 0 Å². The number of fused-ring (bicyclic) bond motifs is 2. The molecule has 3 N–H and O–H groups in total. The van der Waals surface area contributed by atoms with E-state index in [2.05, 4.69) is 44.7 Å². The maximum atomic E-state index is 11.6. The van der Waals surface area contributed by atoms with Crippen LogP contribution in [0.1, 0.15) is 12.0 Å². The molecule has 23 heavy (non-hydrogen) atoms. The quantitative estimate of drug-likeness (QED) is 0.643. The second kappa shape index (κ2) is 6.37. The molecule has 116 valence electrons. The molecule has 4 rings (SSSR count). The van der Waals surface area contributed by atoms with Gasteiger partial charge in [0.05, 0.1) is 0 Å². The van der Waals surface area contributed by atoms with Crippen molar-refractivity contribution in [2.45, 2.75) is 13.3 Å². The number of hydrogen-bond donors (Lipinski definition) is 2. The van der Waals surface area contributed by atoms with E-state index in [1.807, 2.05) is 13.0 Å². The molecule has 7 nitrogen and oxygen atoms in total. The van der Waals surface area contributed by atoms with Crippen LogP contribution in [0, 0.1) is 6.92 Å². The van der Waals surface area contributed by atoms with Crippen molar-refractivity contribution in [1.82, 2.24) is 19.5 Å². The SMILES string of the molecule is C1=CC2=CC=C1C2.Cc1ccc(-n2cnc(NN)nc2=O)nc1. The zero-order chi connectivity index (χ0) is 16.2. The summed E-state index contributed by atoms with van der Waals surface area (Å²) in [5.41, 5.74) is 5.66. The molecule has 0 saturated heterocycles. The van der Waals surface area contributed by atoms with Gasteiger partial charge in [-0.1, -0.05) is 30.4 Å². The number of aromatic nitrogens is 4. The lowest BCUT2D eigenvalue weighted by atomic mass is 10.3. The van der Waals surface area contributed by atoms with Gasteiger partial charge >= 0.3 is 5.69 Å². The standard InChI is InChI=1S/C9H10N6O.C7H6/c1-6-2-3-7(11-4-6)15-5-12-8(14-10)13-9(15)16;1-2-7-4-3-6(1)5-7/h2-5H,10H2,1H3,(H,13,14,16);1-4H,5H2. The van der Waals surface area contributed by atoms with Crippen LogP contribution in [0.25, 0.3) is 5.82 Å². The number of hydrazine groups is 1. The molecule has 2 aromatic heterocycles. The molecule has 7 heteroatoms. The van der Waals surface area contributed by atoms with Crippen LogP contribution in [-0.2, 0) is 0 Å². The minimum Gasteiger partial charge on any atom is -0.292 e. The first-order valence-corrected chi connectivity index (χ1v) is 7.09. The molecule has 2 aromatic rings. The molecule has 0 spiro atoms. The lowest BCUT2D eigenvalue weighted by Gasteiger charge is -2.04. The summed E-state index contributed by atoms with van der Waals surface area (Å²) >= 11 is 0. The van der Waals surface area contributed by atoms with Crippen LogP contribution in [0.2, 0.25) is 0 Å². The highest BCUT2D eigenvalue weighted by Gasteiger charge is 2.07. The number of hydrogen-bond acceptors (Lipinski definition) is 6. The Morgan fingerprint density at radius 3 is 2.35 bits per heavy atom. The summed E-state index contributed by atoms with van der Waals surface area (Å²) in [6.07, 6.45) is 12.9. The third-order valence-corrected chi connectivity index (χ3v) is 3.41. The average Bonchev–Trinajstić information content (AvgIpc) is 3.22. The van der Waals surface area contributed by atoms with E-state index >= 15 is 0 Å². The van der Waals surface area contributed by atoms with Crippen LogP contribution in [-0.4, -0.2) is 19.5 Å². The van der Waals surface area contributed by atoms with E-state index in [0.29, 0.717) is 5.82 Å². The Morgan fingerprint density at radius 2 is 1.91 bits per heavy atom. The molecule has 2 aliphatic rings. The summed E-state index contributed by atoms with van der Waals surface area (Å²) in [4.78, 5) is 23.1. The first-order valence-electron chi connectivity index (χ1n) is 7.09. The number of nitrogens with zero attached hydrogens (tertiary/aromatic N) is 4. The van der Waals surface area contributed by atoms with Gasteiger partial charge in [0.15, 0.2) is 0 Å². The van der Waals surface area contributed by atoms with E-state index in [1.54, 1.807) is 12.3 Å². The molecular weight excluding hydrogens is 292 g/mol. The van der Waals surface area contributed by atoms with E-state index in [0.717, 1.165) is 5.56 Å². The Morgan fingerprint density at radius 1 is 1.17 bits per heavy atom. The topological polar surface area (TPSA) is 98.7 Å². The molecule has 0 saturated carbocycles. The number of nitrogens with one attached hydrogen (secondary N) is 1. The van der Waals surface area contributed by atoms with Crippen molar-refractivity contribution in [2.75, 3.05) is 5.43 Å². The maximum absolute atomic E-state index is 11.6. The number of nitrogens with two attached hydrogens (primary N) is 1. The Kier molecular flexibility index (Phi) is 4.11. The van der Waals surface area contributed by atoms with Gasteiger partial charge in [-0.05, 0) is 36.1 Å². The molecule has 0 aromatic carbocycles. The fourth-order valence-electron chi connectivity index (χ4n) is 2.18. The summed E-state index contributed by atoms with van der Waals surface area (Å²) in [7, 11) is 0. The number of nitrogen functional groups attached to an aromatic ring is 1. The van der Waals surface area contributed by atoms with Crippen molar-refractivity contribution in [3.05, 3.63) is 76.2 Å². The average molecular weight is 308 g/mol. The van der Waals surface area contributed by atoms with E-state index in [-0.39, 0.29) is 5.95 Å². The minimum atomic E-state index is -0.487. The van der Waals surface area contributed by atoms with Gasteiger partial charge in [-0.25, -0.2) is 25.2 Å². The second-order valence-corrected chi connectivity index (χ2v) is 5.16. The predicted molar refractivity (Wildman–Crippen MR) is 87.9 cm³/mol. The largest absolute Gasteiger partial charge is 0.357 e. The fraction of sp³-hybridized carbons (Fsp3) is 0.125. The van der Waals surface area contributed by atoms with E-state index < -0.39 is 5.69 Å². The summed E-state index contributed by atoms with van der Waals surface area (Å²) in [6, 6.07) is 3.57. The van der Waals surface area contributed by atoms with Gasteiger partial charge in [-0.15, -0.1) is 0 Å². The Balaban J connectivity index is 0.000000183. The van der Waals surface area contributed by atoms with Crippen molar-refractivity contribution < 1.29 is 0 Å². The number of anilines is 1. The lowest BCUT2D eigenvalue weighted by Crippen LogP contribution is -2.25. The van der Waals surface area contributed by atoms with Crippen LogP contribution in [0.15, 0.2) is 64.9 Å². The van der Waals surface area contributed by atoms with Gasteiger partial charge in [-0.3, -0.25) is 5.43 Å². The van der Waals surface area contributed by atoms with Crippen LogP contribution in [0.5, 0.6) is 0 Å². The zero-order valence-corrected chi connectivity index (χ0v) is 12.6. The van der Waals surface area contributed by atoms with E-state index in [4.69, 9.17) is 5.84 Å². The zero-order valence-electron chi connectivity index (χ0n) is 12.6. The van der Waals surface area contributed by atoms with E-state index in [9.17, 15) is 4.79 Å². The molecular formula is C16H16N6O. The van der Waals surface area contributed by atoms with Crippen molar-refractivity contribution in [3.63, 3.8) is 0 Å². The molecule has 2 bridgehead atoms. The summed E-state index contributed by atoms with van der Waals surface area (Å²) in [5.74, 6) is 5.64. The summed E-state index contributed by atoms with van der Waals surface area (Å²) in [5, 5.41) is 0. The summed E-state index contributed by atoms with van der Waals surface area (Å²) in [6.45, 7) is 1.91. The van der Waals surface area contributed by atoms with Gasteiger partial charge in [0.1, 0.15) is 12.1 Å². The Bertz CT molecular complexity index is 841. The molecule has 0 radical (unpaired) electrons. The second-order valence-electron chi connectivity index (χ2n) is 5.16. The van der Waals surface area contributed by atoms with Crippen molar-refractivity contribution >= 4 is 5.95 Å². The number of aryl methyl sites for hydroxylation is 1. The molecule has 2 aliphatic carbocycles. The first-order chi connectivity index (χ1) is 11.2. The molecule has 0 fully saturated rings. The summed E-state index contributed by atoms with van der Waals surface area (Å²) < 4.78 is 1.24. The smallest absolute Gasteiger partial charge is 0.292 e.